The van der Waals surface area contributed by atoms with Gasteiger partial charge in [0.25, 0.3) is 12.3 Å². The molecule has 0 atom stereocenters. The lowest BCUT2D eigenvalue weighted by atomic mass is 10.2. The zero-order chi connectivity index (χ0) is 10.7. The van der Waals surface area contributed by atoms with Crippen LogP contribution in [-0.4, -0.2) is 17.2 Å². The summed E-state index contributed by atoms with van der Waals surface area (Å²) in [5.74, 6) is -1.45. The molecule has 0 unspecified atom stereocenters. The quantitative estimate of drug-likeness (QED) is 0.819. The van der Waals surface area contributed by atoms with Crippen LogP contribution in [0.2, 0.25) is 0 Å². The van der Waals surface area contributed by atoms with E-state index >= 15 is 0 Å². The van der Waals surface area contributed by atoms with E-state index in [1.807, 2.05) is 0 Å². The standard InChI is InChI=1S/C8H8F3NO2/c1-14-8-6(9)4(3-13)2-5(12-8)7(10)11/h2,7,13H,3H2,1H3. The van der Waals surface area contributed by atoms with Crippen LogP contribution in [0, 0.1) is 5.82 Å². The van der Waals surface area contributed by atoms with E-state index in [0.29, 0.717) is 0 Å². The van der Waals surface area contributed by atoms with Crippen LogP contribution in [0.15, 0.2) is 6.07 Å². The predicted molar refractivity (Wildman–Crippen MR) is 41.6 cm³/mol. The van der Waals surface area contributed by atoms with Gasteiger partial charge in [-0.2, -0.15) is 0 Å². The fourth-order valence-corrected chi connectivity index (χ4v) is 0.940. The largest absolute Gasteiger partial charge is 0.479 e. The Morgan fingerprint density at radius 2 is 2.21 bits per heavy atom. The van der Waals surface area contributed by atoms with Crippen LogP contribution in [0.25, 0.3) is 0 Å². The van der Waals surface area contributed by atoms with Crippen molar-refractivity contribution < 1.29 is 23.0 Å². The third-order valence-electron chi connectivity index (χ3n) is 1.61. The van der Waals surface area contributed by atoms with E-state index in [4.69, 9.17) is 5.11 Å². The monoisotopic (exact) mass is 207 g/mol. The summed E-state index contributed by atoms with van der Waals surface area (Å²) in [6, 6.07) is 0.808. The predicted octanol–water partition coefficient (Wildman–Crippen LogP) is 1.66. The summed E-state index contributed by atoms with van der Waals surface area (Å²) in [5, 5.41) is 8.68. The van der Waals surface area contributed by atoms with Gasteiger partial charge in [-0.05, 0) is 6.07 Å². The van der Waals surface area contributed by atoms with E-state index in [0.717, 1.165) is 13.2 Å². The number of aliphatic hydroxyl groups excluding tert-OH is 1. The summed E-state index contributed by atoms with van der Waals surface area (Å²) >= 11 is 0. The zero-order valence-electron chi connectivity index (χ0n) is 7.30. The van der Waals surface area contributed by atoms with Crippen LogP contribution in [0.4, 0.5) is 13.2 Å². The SMILES string of the molecule is COc1nc(C(F)F)cc(CO)c1F. The molecule has 6 heteroatoms. The van der Waals surface area contributed by atoms with Gasteiger partial charge < -0.3 is 9.84 Å². The van der Waals surface area contributed by atoms with Crippen molar-refractivity contribution >= 4 is 0 Å². The Kier molecular flexibility index (Phi) is 3.29. The van der Waals surface area contributed by atoms with Gasteiger partial charge in [-0.1, -0.05) is 0 Å². The van der Waals surface area contributed by atoms with E-state index in [2.05, 4.69) is 9.72 Å². The molecule has 3 nitrogen and oxygen atoms in total. The van der Waals surface area contributed by atoms with Crippen LogP contribution in [-0.2, 0) is 6.61 Å². The van der Waals surface area contributed by atoms with Crippen molar-refractivity contribution in [3.05, 3.63) is 23.1 Å². The molecule has 0 radical (unpaired) electrons. The van der Waals surface area contributed by atoms with Gasteiger partial charge in [-0.3, -0.25) is 0 Å². The Balaban J connectivity index is 3.25. The smallest absolute Gasteiger partial charge is 0.280 e. The maximum Gasteiger partial charge on any atom is 0.280 e. The number of alkyl halides is 2. The van der Waals surface area contributed by atoms with Gasteiger partial charge in [-0.25, -0.2) is 18.2 Å². The molecule has 0 amide bonds. The van der Waals surface area contributed by atoms with Gasteiger partial charge in [0, 0.05) is 5.56 Å². The lowest BCUT2D eigenvalue weighted by molar-refractivity contribution is 0.144. The first kappa shape index (κ1) is 10.8. The molecule has 0 spiro atoms. The number of pyridine rings is 1. The molecule has 0 fully saturated rings. The Morgan fingerprint density at radius 1 is 1.57 bits per heavy atom. The molecule has 0 aliphatic heterocycles. The highest BCUT2D eigenvalue weighted by Gasteiger charge is 2.17. The topological polar surface area (TPSA) is 42.4 Å². The molecule has 0 aliphatic carbocycles. The average molecular weight is 207 g/mol. The number of methoxy groups -OCH3 is 1. The minimum absolute atomic E-state index is 0.257. The van der Waals surface area contributed by atoms with E-state index in [1.165, 1.54) is 0 Å². The second-order valence-corrected chi connectivity index (χ2v) is 2.49. The Hall–Kier alpha value is -1.30. The molecule has 0 bridgehead atoms. The molecule has 1 aromatic rings. The summed E-state index contributed by atoms with van der Waals surface area (Å²) in [6.07, 6.45) is -2.82. The minimum Gasteiger partial charge on any atom is -0.479 e. The van der Waals surface area contributed by atoms with Gasteiger partial charge in [0.1, 0.15) is 5.69 Å². The summed E-state index contributed by atoms with van der Waals surface area (Å²) in [6.45, 7) is -0.676. The van der Waals surface area contributed by atoms with Crippen LogP contribution in [0.3, 0.4) is 0 Å². The minimum atomic E-state index is -2.82. The maximum atomic E-state index is 13.1. The van der Waals surface area contributed by atoms with Gasteiger partial charge in [0.15, 0.2) is 5.82 Å². The van der Waals surface area contributed by atoms with Crippen LogP contribution in [0.5, 0.6) is 5.88 Å². The zero-order valence-corrected chi connectivity index (χ0v) is 7.30. The van der Waals surface area contributed by atoms with Crippen LogP contribution < -0.4 is 4.74 Å². The number of rotatable bonds is 3. The fraction of sp³-hybridized carbons (Fsp3) is 0.375. The molecular formula is C8H8F3NO2. The Bertz CT molecular complexity index is 305. The second kappa shape index (κ2) is 4.28. The second-order valence-electron chi connectivity index (χ2n) is 2.49. The number of hydrogen-bond donors (Lipinski definition) is 1. The molecule has 1 heterocycles. The molecule has 0 aromatic carbocycles. The van der Waals surface area contributed by atoms with Crippen molar-refractivity contribution in [2.75, 3.05) is 7.11 Å². The number of halogens is 3. The molecule has 0 saturated heterocycles. The number of nitrogens with zero attached hydrogens (tertiary/aromatic N) is 1. The highest BCUT2D eigenvalue weighted by atomic mass is 19.3. The van der Waals surface area contributed by atoms with Gasteiger partial charge in [-0.15, -0.1) is 0 Å². The van der Waals surface area contributed by atoms with E-state index < -0.39 is 30.4 Å². The normalized spacial score (nSPS) is 10.7. The average Bonchev–Trinajstić information content (AvgIpc) is 2.17. The lowest BCUT2D eigenvalue weighted by Crippen LogP contribution is -2.02. The lowest BCUT2D eigenvalue weighted by Gasteiger charge is -2.07. The Labute approximate surface area is 78.2 Å². The Morgan fingerprint density at radius 3 is 2.64 bits per heavy atom. The van der Waals surface area contributed by atoms with E-state index in [-0.39, 0.29) is 5.56 Å². The molecule has 0 saturated carbocycles. The number of ether oxygens (including phenoxy) is 1. The third-order valence-corrected chi connectivity index (χ3v) is 1.61. The van der Waals surface area contributed by atoms with Crippen molar-refractivity contribution in [2.24, 2.45) is 0 Å². The van der Waals surface area contributed by atoms with Gasteiger partial charge in [0.05, 0.1) is 13.7 Å². The van der Waals surface area contributed by atoms with Crippen molar-refractivity contribution in [3.63, 3.8) is 0 Å². The van der Waals surface area contributed by atoms with Crippen LogP contribution >= 0.6 is 0 Å². The molecule has 1 aromatic heterocycles. The first-order valence-corrected chi connectivity index (χ1v) is 3.72. The van der Waals surface area contributed by atoms with Crippen LogP contribution in [0.1, 0.15) is 17.7 Å². The van der Waals surface area contributed by atoms with E-state index in [1.54, 1.807) is 0 Å². The maximum absolute atomic E-state index is 13.1. The summed E-state index contributed by atoms with van der Waals surface area (Å²) in [5.41, 5.74) is -0.876. The van der Waals surface area contributed by atoms with Gasteiger partial charge in [0.2, 0.25) is 0 Å². The van der Waals surface area contributed by atoms with Crippen molar-refractivity contribution in [2.45, 2.75) is 13.0 Å². The highest BCUT2D eigenvalue weighted by Crippen LogP contribution is 2.24. The number of aromatic nitrogens is 1. The third kappa shape index (κ3) is 1.95. The van der Waals surface area contributed by atoms with E-state index in [9.17, 15) is 13.2 Å². The molecule has 0 aliphatic rings. The number of hydrogen-bond acceptors (Lipinski definition) is 3. The van der Waals surface area contributed by atoms with Crippen molar-refractivity contribution in [3.8, 4) is 5.88 Å². The molecule has 1 N–H and O–H groups in total. The highest BCUT2D eigenvalue weighted by molar-refractivity contribution is 5.27. The fourth-order valence-electron chi connectivity index (χ4n) is 0.940. The van der Waals surface area contributed by atoms with Crippen molar-refractivity contribution in [1.29, 1.82) is 0 Å². The number of aliphatic hydroxyl groups is 1. The first-order valence-electron chi connectivity index (χ1n) is 3.72. The molecular weight excluding hydrogens is 199 g/mol. The summed E-state index contributed by atoms with van der Waals surface area (Å²) in [7, 11) is 1.11. The van der Waals surface area contributed by atoms with Crippen molar-refractivity contribution in [1.82, 2.24) is 4.98 Å². The molecule has 1 rings (SSSR count). The van der Waals surface area contributed by atoms with Gasteiger partial charge >= 0.3 is 0 Å². The summed E-state index contributed by atoms with van der Waals surface area (Å²) in [4.78, 5) is 3.24. The summed E-state index contributed by atoms with van der Waals surface area (Å²) < 4.78 is 42.0. The molecule has 14 heavy (non-hydrogen) atoms. The molecule has 78 valence electrons. The first-order chi connectivity index (χ1) is 6.60.